The number of nitrogens with one attached hydrogen (secondary N) is 3. The van der Waals surface area contributed by atoms with Crippen LogP contribution in [0.1, 0.15) is 67.4 Å². The van der Waals surface area contributed by atoms with Crippen LogP contribution in [-0.4, -0.2) is 105 Å². The largest absolute Gasteiger partial charge is 0.415 e. The molecule has 13 nitrogen and oxygen atoms in total. The lowest BCUT2D eigenvalue weighted by Gasteiger charge is -2.43. The third kappa shape index (κ3) is 11.8. The molecule has 1 saturated carbocycles. The number of sulfonamides is 1. The van der Waals surface area contributed by atoms with E-state index in [0.29, 0.717) is 38.1 Å². The maximum Gasteiger partial charge on any atom is 0.415 e. The zero-order valence-corrected chi connectivity index (χ0v) is 34.0. The van der Waals surface area contributed by atoms with E-state index in [0.717, 1.165) is 62.0 Å². The first-order chi connectivity index (χ1) is 27.0. The van der Waals surface area contributed by atoms with Crippen molar-refractivity contribution in [2.45, 2.75) is 89.1 Å². The number of nitrogens with zero attached hydrogens (tertiary/aromatic N) is 3. The zero-order chi connectivity index (χ0) is 39.5. The van der Waals surface area contributed by atoms with E-state index in [1.807, 2.05) is 23.6 Å². The summed E-state index contributed by atoms with van der Waals surface area (Å²) in [5.41, 5.74) is 8.23. The lowest BCUT2D eigenvalue weighted by molar-refractivity contribution is -0.145. The van der Waals surface area contributed by atoms with Gasteiger partial charge in [0.15, 0.2) is 0 Å². The molecule has 3 heterocycles. The Balaban J connectivity index is 1.13. The predicted molar refractivity (Wildman–Crippen MR) is 218 cm³/mol. The first-order valence-corrected chi connectivity index (χ1v) is 22.6. The minimum atomic E-state index is -3.32. The molecule has 1 spiro atoms. The fraction of sp³-hybridized carbons (Fsp3) is 0.537. The Morgan fingerprint density at radius 1 is 0.964 bits per heavy atom. The summed E-state index contributed by atoms with van der Waals surface area (Å²) in [4.78, 5) is 48.7. The Morgan fingerprint density at radius 2 is 1.75 bits per heavy atom. The van der Waals surface area contributed by atoms with Crippen LogP contribution in [0.25, 0.3) is 0 Å². The molecule has 0 radical (unpaired) electrons. The third-order valence-electron chi connectivity index (χ3n) is 11.4. The lowest BCUT2D eigenvalue weighted by Crippen LogP contribution is -2.64. The minimum Gasteiger partial charge on any atom is -0.410 e. The van der Waals surface area contributed by atoms with E-state index in [2.05, 4.69) is 50.6 Å². The lowest BCUT2D eigenvalue weighted by atomic mass is 9.72. The molecular formula is C41H57N7O6S2. The number of piperazine rings is 1. The standard InChI is InChI=1S/C41H57N7O6S2/c1-56(52,53)44-20-6-5-14-36(45-33-15-17-41(18-16-33)19-21-46(30-41)28-31-9-3-2-4-10-31)39(50)48-23-22-47(40(51)54-34-12-7-11-32(25-34)26-42)29-37(48)38(49)43-27-35-13-8-24-55-35/h2-4,7-13,24-25,33,36-37,44-45H,5-6,14-23,26-30,42H2,1H3,(H,43,49)/t33?,36-,37+,41?/m1/s1. The summed E-state index contributed by atoms with van der Waals surface area (Å²) < 4.78 is 31.6. The van der Waals surface area contributed by atoms with Crippen molar-refractivity contribution >= 4 is 39.3 Å². The molecule has 2 atom stereocenters. The molecule has 56 heavy (non-hydrogen) atoms. The summed E-state index contributed by atoms with van der Waals surface area (Å²) in [6.07, 6.45) is 7.45. The number of carbonyl (C=O) groups excluding carboxylic acids is 3. The molecule has 3 amide bonds. The number of carbonyl (C=O) groups is 3. The number of thiophene rings is 1. The summed E-state index contributed by atoms with van der Waals surface area (Å²) in [6.45, 7) is 4.37. The Kier molecular flexibility index (Phi) is 14.6. The molecule has 3 aromatic rings. The maximum absolute atomic E-state index is 14.7. The van der Waals surface area contributed by atoms with Gasteiger partial charge in [-0.2, -0.15) is 0 Å². The van der Waals surface area contributed by atoms with Crippen LogP contribution >= 0.6 is 11.3 Å². The van der Waals surface area contributed by atoms with Crippen molar-refractivity contribution in [2.24, 2.45) is 11.1 Å². The predicted octanol–water partition coefficient (Wildman–Crippen LogP) is 4.05. The molecule has 5 N–H and O–H groups in total. The maximum atomic E-state index is 14.7. The number of benzene rings is 2. The van der Waals surface area contributed by atoms with Gasteiger partial charge in [0.25, 0.3) is 0 Å². The quantitative estimate of drug-likeness (QED) is 0.156. The second kappa shape index (κ2) is 19.5. The van der Waals surface area contributed by atoms with Crippen LogP contribution in [0.15, 0.2) is 72.1 Å². The van der Waals surface area contributed by atoms with E-state index >= 15 is 0 Å². The van der Waals surface area contributed by atoms with Gasteiger partial charge in [0.1, 0.15) is 11.8 Å². The fourth-order valence-corrected chi connectivity index (χ4v) is 9.51. The molecule has 0 bridgehead atoms. The molecule has 15 heteroatoms. The molecule has 0 unspecified atom stereocenters. The molecule has 3 aliphatic rings. The summed E-state index contributed by atoms with van der Waals surface area (Å²) in [5.74, 6) is -0.164. The van der Waals surface area contributed by atoms with Gasteiger partial charge in [-0.05, 0) is 91.6 Å². The van der Waals surface area contributed by atoms with Crippen LogP contribution < -0.4 is 25.8 Å². The average Bonchev–Trinajstić information content (AvgIpc) is 3.87. The summed E-state index contributed by atoms with van der Waals surface area (Å²) in [7, 11) is -3.32. The molecule has 304 valence electrons. The van der Waals surface area contributed by atoms with Crippen molar-refractivity contribution in [3.8, 4) is 5.75 Å². The van der Waals surface area contributed by atoms with Crippen molar-refractivity contribution in [1.29, 1.82) is 0 Å². The van der Waals surface area contributed by atoms with Crippen LogP contribution in [0, 0.1) is 5.41 Å². The van der Waals surface area contributed by atoms with Crippen LogP contribution in [-0.2, 0) is 39.2 Å². The molecule has 2 saturated heterocycles. The highest BCUT2D eigenvalue weighted by atomic mass is 32.2. The van der Waals surface area contributed by atoms with Crippen LogP contribution in [0.4, 0.5) is 4.79 Å². The van der Waals surface area contributed by atoms with E-state index in [1.54, 1.807) is 23.1 Å². The number of hydrogen-bond donors (Lipinski definition) is 4. The second-order valence-electron chi connectivity index (χ2n) is 15.6. The number of amides is 3. The Bertz CT molecular complexity index is 1850. The Morgan fingerprint density at radius 3 is 2.48 bits per heavy atom. The molecule has 6 rings (SSSR count). The first-order valence-electron chi connectivity index (χ1n) is 19.8. The van der Waals surface area contributed by atoms with Crippen molar-refractivity contribution in [2.75, 3.05) is 45.5 Å². The number of likely N-dealkylation sites (tertiary alicyclic amines) is 1. The number of nitrogens with two attached hydrogens (primary N) is 1. The topological polar surface area (TPSA) is 166 Å². The molecular weight excluding hydrogens is 751 g/mol. The first kappa shape index (κ1) is 41.8. The Labute approximate surface area is 335 Å². The fourth-order valence-electron chi connectivity index (χ4n) is 8.35. The summed E-state index contributed by atoms with van der Waals surface area (Å²) in [6, 6.07) is 20.1. The van der Waals surface area contributed by atoms with Gasteiger partial charge in [0.05, 0.1) is 25.4 Å². The Hall–Kier alpha value is -3.86. The van der Waals surface area contributed by atoms with Crippen molar-refractivity contribution < 1.29 is 27.5 Å². The number of ether oxygens (including phenoxy) is 1. The molecule has 1 aromatic heterocycles. The van der Waals surface area contributed by atoms with Gasteiger partial charge in [-0.15, -0.1) is 11.3 Å². The molecule has 1 aliphatic carbocycles. The number of hydrogen-bond acceptors (Lipinski definition) is 10. The monoisotopic (exact) mass is 807 g/mol. The molecule has 2 aliphatic heterocycles. The van der Waals surface area contributed by atoms with Gasteiger partial charge >= 0.3 is 6.09 Å². The summed E-state index contributed by atoms with van der Waals surface area (Å²) in [5, 5.41) is 8.66. The third-order valence-corrected chi connectivity index (χ3v) is 13.0. The van der Waals surface area contributed by atoms with E-state index in [9.17, 15) is 22.8 Å². The summed E-state index contributed by atoms with van der Waals surface area (Å²) >= 11 is 1.53. The SMILES string of the molecule is CS(=O)(=O)NCCCC[C@@H](NC1CCC2(CC1)CCN(Cc1ccccc1)C2)C(=O)N1CCN(C(=O)Oc2cccc(CN)c2)C[C@H]1C(=O)NCc1cccs1. The smallest absolute Gasteiger partial charge is 0.410 e. The van der Waals surface area contributed by atoms with Crippen molar-refractivity contribution in [3.05, 3.63) is 88.1 Å². The van der Waals surface area contributed by atoms with Crippen molar-refractivity contribution in [1.82, 2.24) is 30.1 Å². The van der Waals surface area contributed by atoms with E-state index < -0.39 is 28.2 Å². The minimum absolute atomic E-state index is 0.0200. The highest BCUT2D eigenvalue weighted by molar-refractivity contribution is 7.88. The van der Waals surface area contributed by atoms with Gasteiger partial charge in [0, 0.05) is 50.2 Å². The van der Waals surface area contributed by atoms with Gasteiger partial charge in [-0.25, -0.2) is 17.9 Å². The van der Waals surface area contributed by atoms with Crippen LogP contribution in [0.3, 0.4) is 0 Å². The average molecular weight is 808 g/mol. The highest BCUT2D eigenvalue weighted by Crippen LogP contribution is 2.44. The van der Waals surface area contributed by atoms with E-state index in [1.165, 1.54) is 28.2 Å². The van der Waals surface area contributed by atoms with E-state index in [-0.39, 0.29) is 49.5 Å². The zero-order valence-electron chi connectivity index (χ0n) is 32.4. The van der Waals surface area contributed by atoms with Crippen LogP contribution in [0.5, 0.6) is 5.75 Å². The second-order valence-corrected chi connectivity index (χ2v) is 18.5. The van der Waals surface area contributed by atoms with Crippen LogP contribution in [0.2, 0.25) is 0 Å². The van der Waals surface area contributed by atoms with Gasteiger partial charge < -0.3 is 30.9 Å². The number of rotatable bonds is 16. The van der Waals surface area contributed by atoms with Gasteiger partial charge in [0.2, 0.25) is 21.8 Å². The molecule has 3 fully saturated rings. The number of unbranched alkanes of at least 4 members (excludes halogenated alkanes) is 1. The van der Waals surface area contributed by atoms with Gasteiger partial charge in [-0.3, -0.25) is 14.5 Å². The van der Waals surface area contributed by atoms with Crippen molar-refractivity contribution in [3.63, 3.8) is 0 Å². The highest BCUT2D eigenvalue weighted by Gasteiger charge is 2.43. The molecule has 2 aromatic carbocycles. The van der Waals surface area contributed by atoms with Gasteiger partial charge in [-0.1, -0.05) is 55.0 Å². The van der Waals surface area contributed by atoms with E-state index in [4.69, 9.17) is 10.5 Å². The normalized spacial score (nSPS) is 22.2.